The van der Waals surface area contributed by atoms with Crippen molar-refractivity contribution in [1.82, 2.24) is 15.0 Å². The first-order chi connectivity index (χ1) is 10.1. The van der Waals surface area contributed by atoms with Gasteiger partial charge in [0, 0.05) is 6.21 Å². The topological polar surface area (TPSA) is 89.7 Å². The predicted molar refractivity (Wildman–Crippen MR) is 77.6 cm³/mol. The van der Waals surface area contributed by atoms with Gasteiger partial charge in [0.1, 0.15) is 5.82 Å². The Bertz CT molecular complexity index is 659. The molecule has 2 rings (SSSR count). The third kappa shape index (κ3) is 3.88. The largest absolute Gasteiger partial charge is 0.504 e. The summed E-state index contributed by atoms with van der Waals surface area (Å²) in [5, 5.41) is 9.64. The van der Waals surface area contributed by atoms with Crippen LogP contribution in [0.2, 0.25) is 0 Å². The van der Waals surface area contributed by atoms with Crippen molar-refractivity contribution in [1.29, 1.82) is 0 Å². The van der Waals surface area contributed by atoms with E-state index in [-0.39, 0.29) is 17.7 Å². The SMILES string of the molecule is CCOc1cc(/C=N/c2nc(C)nc(OC)n2)ccc1O. The first kappa shape index (κ1) is 14.7. The standard InChI is InChI=1S/C14H16N4O3/c1-4-21-12-7-10(5-6-11(12)19)8-15-13-16-9(2)17-14(18-13)20-3/h5-8,19H,4H2,1-3H3/b15-8+. The van der Waals surface area contributed by atoms with Crippen LogP contribution in [0.15, 0.2) is 23.2 Å². The highest BCUT2D eigenvalue weighted by molar-refractivity contribution is 5.82. The predicted octanol–water partition coefficient (Wildman–Crippen LogP) is 2.04. The lowest BCUT2D eigenvalue weighted by molar-refractivity contribution is 0.318. The third-order valence-electron chi connectivity index (χ3n) is 2.51. The molecule has 0 radical (unpaired) electrons. The number of aromatic nitrogens is 3. The Kier molecular flexibility index (Phi) is 4.65. The number of hydrogen-bond acceptors (Lipinski definition) is 7. The molecule has 0 aliphatic rings. The number of nitrogens with zero attached hydrogens (tertiary/aromatic N) is 4. The molecule has 0 atom stereocenters. The van der Waals surface area contributed by atoms with Gasteiger partial charge in [0.15, 0.2) is 11.5 Å². The fraction of sp³-hybridized carbons (Fsp3) is 0.286. The van der Waals surface area contributed by atoms with E-state index in [0.717, 1.165) is 5.56 Å². The molecular weight excluding hydrogens is 272 g/mol. The first-order valence-electron chi connectivity index (χ1n) is 6.39. The molecule has 1 aromatic carbocycles. The van der Waals surface area contributed by atoms with Crippen molar-refractivity contribution in [3.8, 4) is 17.5 Å². The molecule has 1 N–H and O–H groups in total. The number of phenolic OH excluding ortho intramolecular Hbond substituents is 1. The van der Waals surface area contributed by atoms with Crippen molar-refractivity contribution in [2.75, 3.05) is 13.7 Å². The van der Waals surface area contributed by atoms with E-state index >= 15 is 0 Å². The summed E-state index contributed by atoms with van der Waals surface area (Å²) < 4.78 is 10.3. The van der Waals surface area contributed by atoms with E-state index in [0.29, 0.717) is 18.2 Å². The molecule has 0 aliphatic carbocycles. The number of phenols is 1. The molecular formula is C14H16N4O3. The van der Waals surface area contributed by atoms with Crippen molar-refractivity contribution in [2.45, 2.75) is 13.8 Å². The van der Waals surface area contributed by atoms with Gasteiger partial charge in [-0.05, 0) is 37.6 Å². The van der Waals surface area contributed by atoms with Gasteiger partial charge in [0.25, 0.3) is 5.95 Å². The maximum absolute atomic E-state index is 9.64. The fourth-order valence-electron chi connectivity index (χ4n) is 1.61. The molecule has 0 amide bonds. The highest BCUT2D eigenvalue weighted by Gasteiger charge is 2.04. The van der Waals surface area contributed by atoms with Crippen molar-refractivity contribution in [3.63, 3.8) is 0 Å². The van der Waals surface area contributed by atoms with Crippen LogP contribution in [0.5, 0.6) is 17.5 Å². The van der Waals surface area contributed by atoms with Gasteiger partial charge in [-0.3, -0.25) is 0 Å². The summed E-state index contributed by atoms with van der Waals surface area (Å²) in [5.41, 5.74) is 0.758. The number of aliphatic imine (C=N–C) groups is 1. The van der Waals surface area contributed by atoms with Crippen LogP contribution in [0.25, 0.3) is 0 Å². The van der Waals surface area contributed by atoms with E-state index in [4.69, 9.17) is 9.47 Å². The number of aromatic hydroxyl groups is 1. The number of ether oxygens (including phenoxy) is 2. The molecule has 0 unspecified atom stereocenters. The molecule has 0 fully saturated rings. The Hall–Kier alpha value is -2.70. The summed E-state index contributed by atoms with van der Waals surface area (Å²) in [7, 11) is 1.48. The first-order valence-corrected chi connectivity index (χ1v) is 6.39. The maximum atomic E-state index is 9.64. The number of methoxy groups -OCH3 is 1. The van der Waals surface area contributed by atoms with Crippen molar-refractivity contribution >= 4 is 12.2 Å². The van der Waals surface area contributed by atoms with Crippen LogP contribution in [-0.2, 0) is 0 Å². The minimum absolute atomic E-state index is 0.0895. The van der Waals surface area contributed by atoms with Crippen LogP contribution in [0.1, 0.15) is 18.3 Å². The number of hydrogen-bond donors (Lipinski definition) is 1. The summed E-state index contributed by atoms with van der Waals surface area (Å²) in [4.78, 5) is 16.3. The van der Waals surface area contributed by atoms with Crippen LogP contribution in [0.3, 0.4) is 0 Å². The van der Waals surface area contributed by atoms with E-state index in [1.807, 2.05) is 6.92 Å². The molecule has 0 aliphatic heterocycles. The average molecular weight is 288 g/mol. The van der Waals surface area contributed by atoms with Crippen molar-refractivity contribution in [3.05, 3.63) is 29.6 Å². The van der Waals surface area contributed by atoms with Gasteiger partial charge in [-0.25, -0.2) is 4.99 Å². The minimum Gasteiger partial charge on any atom is -0.504 e. The number of aryl methyl sites for hydroxylation is 1. The summed E-state index contributed by atoms with van der Waals surface area (Å²) in [6, 6.07) is 5.17. The monoisotopic (exact) mass is 288 g/mol. The van der Waals surface area contributed by atoms with E-state index in [1.54, 1.807) is 31.3 Å². The Morgan fingerprint density at radius 2 is 2.10 bits per heavy atom. The molecule has 0 bridgehead atoms. The quantitative estimate of drug-likeness (QED) is 0.847. The molecule has 0 saturated heterocycles. The van der Waals surface area contributed by atoms with Gasteiger partial charge in [-0.15, -0.1) is 0 Å². The second kappa shape index (κ2) is 6.65. The fourth-order valence-corrected chi connectivity index (χ4v) is 1.61. The van der Waals surface area contributed by atoms with Gasteiger partial charge in [-0.1, -0.05) is 0 Å². The molecule has 110 valence electrons. The molecule has 7 nitrogen and oxygen atoms in total. The normalized spacial score (nSPS) is 10.8. The summed E-state index contributed by atoms with van der Waals surface area (Å²) in [6.07, 6.45) is 1.58. The lowest BCUT2D eigenvalue weighted by atomic mass is 10.2. The lowest BCUT2D eigenvalue weighted by Crippen LogP contribution is -1.97. The minimum atomic E-state index is 0.0895. The summed E-state index contributed by atoms with van der Waals surface area (Å²) in [5.74, 6) is 1.28. The van der Waals surface area contributed by atoms with Crippen LogP contribution < -0.4 is 9.47 Å². The Morgan fingerprint density at radius 3 is 2.81 bits per heavy atom. The van der Waals surface area contributed by atoms with Gasteiger partial charge in [0.05, 0.1) is 13.7 Å². The van der Waals surface area contributed by atoms with Crippen molar-refractivity contribution < 1.29 is 14.6 Å². The third-order valence-corrected chi connectivity index (χ3v) is 2.51. The number of benzene rings is 1. The van der Waals surface area contributed by atoms with Gasteiger partial charge in [-0.2, -0.15) is 15.0 Å². The molecule has 2 aromatic rings. The maximum Gasteiger partial charge on any atom is 0.321 e. The second-order valence-electron chi connectivity index (χ2n) is 4.09. The Morgan fingerprint density at radius 1 is 1.29 bits per heavy atom. The molecule has 21 heavy (non-hydrogen) atoms. The highest BCUT2D eigenvalue weighted by atomic mass is 16.5. The van der Waals surface area contributed by atoms with Gasteiger partial charge >= 0.3 is 6.01 Å². The zero-order chi connectivity index (χ0) is 15.2. The lowest BCUT2D eigenvalue weighted by Gasteiger charge is -2.05. The highest BCUT2D eigenvalue weighted by Crippen LogP contribution is 2.26. The molecule has 0 spiro atoms. The zero-order valence-electron chi connectivity index (χ0n) is 12.1. The van der Waals surface area contributed by atoms with Crippen LogP contribution in [-0.4, -0.2) is 40.0 Å². The number of rotatable bonds is 5. The van der Waals surface area contributed by atoms with E-state index in [1.165, 1.54) is 7.11 Å². The molecule has 1 heterocycles. The van der Waals surface area contributed by atoms with Crippen LogP contribution in [0.4, 0.5) is 5.95 Å². The average Bonchev–Trinajstić information content (AvgIpc) is 2.47. The molecule has 0 saturated carbocycles. The van der Waals surface area contributed by atoms with Gasteiger partial charge in [0.2, 0.25) is 0 Å². The Labute approximate surface area is 122 Å². The van der Waals surface area contributed by atoms with Crippen molar-refractivity contribution in [2.24, 2.45) is 4.99 Å². The smallest absolute Gasteiger partial charge is 0.321 e. The van der Waals surface area contributed by atoms with E-state index < -0.39 is 0 Å². The van der Waals surface area contributed by atoms with Crippen LogP contribution >= 0.6 is 0 Å². The van der Waals surface area contributed by atoms with Gasteiger partial charge < -0.3 is 14.6 Å². The van der Waals surface area contributed by atoms with Crippen LogP contribution in [0, 0.1) is 6.92 Å². The Balaban J connectivity index is 2.24. The zero-order valence-corrected chi connectivity index (χ0v) is 12.1. The molecule has 7 heteroatoms. The van der Waals surface area contributed by atoms with E-state index in [2.05, 4.69) is 19.9 Å². The summed E-state index contributed by atoms with van der Waals surface area (Å²) in [6.45, 7) is 4.05. The summed E-state index contributed by atoms with van der Waals surface area (Å²) >= 11 is 0. The van der Waals surface area contributed by atoms with E-state index in [9.17, 15) is 5.11 Å². The molecule has 1 aromatic heterocycles. The second-order valence-corrected chi connectivity index (χ2v) is 4.09.